The molecule has 0 aromatic carbocycles. The maximum absolute atomic E-state index is 10.4. The summed E-state index contributed by atoms with van der Waals surface area (Å²) in [5.74, 6) is -0.761. The largest absolute Gasteiger partial charge is 0.481 e. The summed E-state index contributed by atoms with van der Waals surface area (Å²) in [6, 6.07) is 0.0262. The molecule has 0 fully saturated rings. The maximum atomic E-state index is 10.4. The minimum absolute atomic E-state index is 0.0262. The van der Waals surface area contributed by atoms with Crippen LogP contribution in [-0.2, 0) is 9.53 Å². The number of carbonyl (C=O) groups is 1. The highest BCUT2D eigenvalue weighted by molar-refractivity contribution is 5.67. The van der Waals surface area contributed by atoms with Crippen molar-refractivity contribution < 1.29 is 14.6 Å². The van der Waals surface area contributed by atoms with Crippen LogP contribution in [0.2, 0.25) is 0 Å². The van der Waals surface area contributed by atoms with Crippen molar-refractivity contribution in [2.75, 3.05) is 40.4 Å². The molecule has 5 nitrogen and oxygen atoms in total. The number of methoxy groups -OCH3 is 1. The van der Waals surface area contributed by atoms with Gasteiger partial charge in [-0.2, -0.15) is 0 Å². The Morgan fingerprint density at radius 2 is 2.20 bits per heavy atom. The Morgan fingerprint density at radius 1 is 1.53 bits per heavy atom. The SMILES string of the molecule is COCCN(C)CCNC(C)CC(=O)O. The van der Waals surface area contributed by atoms with Gasteiger partial charge in [0.15, 0.2) is 0 Å². The van der Waals surface area contributed by atoms with E-state index in [1.165, 1.54) is 0 Å². The Bertz CT molecular complexity index is 176. The third-order valence-corrected chi connectivity index (χ3v) is 2.14. The van der Waals surface area contributed by atoms with Gasteiger partial charge in [-0.15, -0.1) is 0 Å². The summed E-state index contributed by atoms with van der Waals surface area (Å²) in [6.07, 6.45) is 0.168. The summed E-state index contributed by atoms with van der Waals surface area (Å²) in [6.45, 7) is 5.19. The van der Waals surface area contributed by atoms with Gasteiger partial charge >= 0.3 is 5.97 Å². The average Bonchev–Trinajstić information content (AvgIpc) is 2.13. The van der Waals surface area contributed by atoms with Crippen molar-refractivity contribution in [3.05, 3.63) is 0 Å². The minimum atomic E-state index is -0.761. The number of likely N-dealkylation sites (N-methyl/N-ethyl adjacent to an activating group) is 1. The summed E-state index contributed by atoms with van der Waals surface area (Å²) >= 11 is 0. The smallest absolute Gasteiger partial charge is 0.304 e. The van der Waals surface area contributed by atoms with Crippen LogP contribution in [0.15, 0.2) is 0 Å². The van der Waals surface area contributed by atoms with E-state index in [9.17, 15) is 4.79 Å². The van der Waals surface area contributed by atoms with Gasteiger partial charge in [-0.05, 0) is 14.0 Å². The van der Waals surface area contributed by atoms with Crippen molar-refractivity contribution in [2.24, 2.45) is 0 Å². The molecule has 0 aliphatic carbocycles. The Labute approximate surface area is 91.4 Å². The van der Waals surface area contributed by atoms with E-state index in [2.05, 4.69) is 10.2 Å². The van der Waals surface area contributed by atoms with Gasteiger partial charge in [-0.3, -0.25) is 4.79 Å². The van der Waals surface area contributed by atoms with Crippen LogP contribution < -0.4 is 5.32 Å². The first kappa shape index (κ1) is 14.3. The molecule has 0 aliphatic heterocycles. The molecule has 0 amide bonds. The highest BCUT2D eigenvalue weighted by Gasteiger charge is 2.06. The van der Waals surface area contributed by atoms with Gasteiger partial charge in [0.2, 0.25) is 0 Å². The fraction of sp³-hybridized carbons (Fsp3) is 0.900. The molecule has 2 N–H and O–H groups in total. The number of hydrogen-bond donors (Lipinski definition) is 2. The second kappa shape index (κ2) is 8.64. The highest BCUT2D eigenvalue weighted by atomic mass is 16.5. The van der Waals surface area contributed by atoms with Crippen molar-refractivity contribution in [2.45, 2.75) is 19.4 Å². The number of hydrogen-bond acceptors (Lipinski definition) is 4. The van der Waals surface area contributed by atoms with Crippen LogP contribution in [0.5, 0.6) is 0 Å². The Balaban J connectivity index is 3.39. The first-order valence-corrected chi connectivity index (χ1v) is 5.19. The third-order valence-electron chi connectivity index (χ3n) is 2.14. The van der Waals surface area contributed by atoms with E-state index in [1.807, 2.05) is 14.0 Å². The summed E-state index contributed by atoms with van der Waals surface area (Å²) in [5.41, 5.74) is 0. The Hall–Kier alpha value is -0.650. The van der Waals surface area contributed by atoms with Crippen LogP contribution in [-0.4, -0.2) is 62.4 Å². The molecular weight excluding hydrogens is 196 g/mol. The molecule has 0 aromatic heterocycles. The van der Waals surface area contributed by atoms with Crippen LogP contribution in [0.4, 0.5) is 0 Å². The minimum Gasteiger partial charge on any atom is -0.481 e. The number of nitrogens with one attached hydrogen (secondary N) is 1. The van der Waals surface area contributed by atoms with Crippen molar-refractivity contribution in [3.8, 4) is 0 Å². The standard InChI is InChI=1S/C10H22N2O3/c1-9(8-10(13)14)11-4-5-12(2)6-7-15-3/h9,11H,4-8H2,1-3H3,(H,13,14). The molecule has 5 heteroatoms. The Morgan fingerprint density at radius 3 is 2.73 bits per heavy atom. The first-order chi connectivity index (χ1) is 7.06. The second-order valence-electron chi connectivity index (χ2n) is 3.75. The number of nitrogens with zero attached hydrogens (tertiary/aromatic N) is 1. The molecule has 90 valence electrons. The van der Waals surface area contributed by atoms with E-state index in [-0.39, 0.29) is 12.5 Å². The van der Waals surface area contributed by atoms with Crippen LogP contribution in [0.25, 0.3) is 0 Å². The van der Waals surface area contributed by atoms with Crippen LogP contribution in [0.3, 0.4) is 0 Å². The zero-order valence-corrected chi connectivity index (χ0v) is 9.82. The van der Waals surface area contributed by atoms with Crippen molar-refractivity contribution in [3.63, 3.8) is 0 Å². The molecule has 0 heterocycles. The van der Waals surface area contributed by atoms with Crippen molar-refractivity contribution in [1.29, 1.82) is 0 Å². The van der Waals surface area contributed by atoms with Gasteiger partial charge in [-0.25, -0.2) is 0 Å². The summed E-state index contributed by atoms with van der Waals surface area (Å²) in [5, 5.41) is 11.7. The lowest BCUT2D eigenvalue weighted by Gasteiger charge is -2.18. The predicted octanol–water partition coefficient (Wildman–Crippen LogP) is 0.0174. The normalized spacial score (nSPS) is 13.1. The molecule has 15 heavy (non-hydrogen) atoms. The lowest BCUT2D eigenvalue weighted by atomic mass is 10.2. The summed E-state index contributed by atoms with van der Waals surface area (Å²) < 4.78 is 4.95. The monoisotopic (exact) mass is 218 g/mol. The van der Waals surface area contributed by atoms with Gasteiger partial charge in [0, 0.05) is 32.8 Å². The van der Waals surface area contributed by atoms with E-state index in [0.29, 0.717) is 0 Å². The quantitative estimate of drug-likeness (QED) is 0.571. The maximum Gasteiger partial charge on any atom is 0.304 e. The number of carboxylic acids is 1. The molecule has 0 saturated carbocycles. The van der Waals surface area contributed by atoms with E-state index < -0.39 is 5.97 Å². The van der Waals surface area contributed by atoms with Crippen LogP contribution in [0, 0.1) is 0 Å². The molecule has 0 radical (unpaired) electrons. The molecule has 0 aromatic rings. The van der Waals surface area contributed by atoms with E-state index in [1.54, 1.807) is 7.11 Å². The highest BCUT2D eigenvalue weighted by Crippen LogP contribution is 1.89. The lowest BCUT2D eigenvalue weighted by Crippen LogP contribution is -2.36. The number of ether oxygens (including phenoxy) is 1. The molecule has 1 unspecified atom stereocenters. The van der Waals surface area contributed by atoms with Crippen LogP contribution in [0.1, 0.15) is 13.3 Å². The van der Waals surface area contributed by atoms with Crippen molar-refractivity contribution in [1.82, 2.24) is 10.2 Å². The van der Waals surface area contributed by atoms with Crippen molar-refractivity contribution >= 4 is 5.97 Å². The molecule has 0 rings (SSSR count). The zero-order valence-electron chi connectivity index (χ0n) is 9.82. The van der Waals surface area contributed by atoms with E-state index in [0.717, 1.165) is 26.2 Å². The van der Waals surface area contributed by atoms with Gasteiger partial charge in [-0.1, -0.05) is 0 Å². The van der Waals surface area contributed by atoms with Gasteiger partial charge in [0.1, 0.15) is 0 Å². The number of rotatable bonds is 9. The molecule has 1 atom stereocenters. The topological polar surface area (TPSA) is 61.8 Å². The summed E-state index contributed by atoms with van der Waals surface area (Å²) in [7, 11) is 3.70. The number of carboxylic acid groups (broad SMARTS) is 1. The average molecular weight is 218 g/mol. The fourth-order valence-electron chi connectivity index (χ4n) is 1.19. The van der Waals surface area contributed by atoms with Gasteiger partial charge in [0.25, 0.3) is 0 Å². The summed E-state index contributed by atoms with van der Waals surface area (Å²) in [4.78, 5) is 12.5. The first-order valence-electron chi connectivity index (χ1n) is 5.19. The van der Waals surface area contributed by atoms with E-state index >= 15 is 0 Å². The van der Waals surface area contributed by atoms with Gasteiger partial charge < -0.3 is 20.1 Å². The molecule has 0 spiro atoms. The molecular formula is C10H22N2O3. The second-order valence-corrected chi connectivity index (χ2v) is 3.75. The zero-order chi connectivity index (χ0) is 11.7. The van der Waals surface area contributed by atoms with E-state index in [4.69, 9.17) is 9.84 Å². The van der Waals surface area contributed by atoms with Gasteiger partial charge in [0.05, 0.1) is 13.0 Å². The molecule has 0 bridgehead atoms. The predicted molar refractivity (Wildman–Crippen MR) is 59.1 cm³/mol. The lowest BCUT2D eigenvalue weighted by molar-refractivity contribution is -0.137. The fourth-order valence-corrected chi connectivity index (χ4v) is 1.19. The number of aliphatic carboxylic acids is 1. The molecule has 0 saturated heterocycles. The van der Waals surface area contributed by atoms with Crippen LogP contribution >= 0.6 is 0 Å². The Kier molecular flexibility index (Phi) is 8.27. The molecule has 0 aliphatic rings. The third kappa shape index (κ3) is 9.65.